The number of nitrogens with one attached hydrogen (secondary N) is 1. The van der Waals surface area contributed by atoms with Gasteiger partial charge in [0.1, 0.15) is 6.04 Å². The number of imide groups is 1. The van der Waals surface area contributed by atoms with Gasteiger partial charge in [-0.2, -0.15) is 0 Å². The number of para-hydroxylation sites is 1. The van der Waals surface area contributed by atoms with E-state index in [1.54, 1.807) is 12.1 Å². The van der Waals surface area contributed by atoms with Gasteiger partial charge < -0.3 is 11.1 Å². The normalized spacial score (nSPS) is 19.7. The van der Waals surface area contributed by atoms with Crippen LogP contribution in [-0.4, -0.2) is 44.5 Å². The van der Waals surface area contributed by atoms with Crippen LogP contribution in [0.1, 0.15) is 12.8 Å². The van der Waals surface area contributed by atoms with E-state index in [-0.39, 0.29) is 28.8 Å². The van der Waals surface area contributed by atoms with E-state index in [4.69, 9.17) is 5.73 Å². The number of carbonyl (C=O) groups is 2. The van der Waals surface area contributed by atoms with Crippen LogP contribution in [0.2, 0.25) is 0 Å². The highest BCUT2D eigenvalue weighted by Gasteiger charge is 2.32. The molecule has 8 heteroatoms. The van der Waals surface area contributed by atoms with Gasteiger partial charge in [0.15, 0.2) is 9.84 Å². The highest BCUT2D eigenvalue weighted by Crippen LogP contribution is 2.28. The number of nitrogens with zero attached hydrogens (tertiary/aromatic N) is 1. The fraction of sp³-hybridized carbons (Fsp3) is 0.385. The number of benzene rings is 1. The van der Waals surface area contributed by atoms with Crippen molar-refractivity contribution in [2.75, 3.05) is 24.4 Å². The van der Waals surface area contributed by atoms with Gasteiger partial charge in [-0.3, -0.25) is 14.5 Å². The maximum absolute atomic E-state index is 12.0. The van der Waals surface area contributed by atoms with E-state index in [0.29, 0.717) is 12.1 Å². The van der Waals surface area contributed by atoms with Crippen LogP contribution in [0.25, 0.3) is 0 Å². The minimum absolute atomic E-state index is 0.0141. The third-order valence-corrected chi connectivity index (χ3v) is 4.60. The van der Waals surface area contributed by atoms with Gasteiger partial charge in [-0.1, -0.05) is 6.07 Å². The summed E-state index contributed by atoms with van der Waals surface area (Å²) in [6.45, 7) is 0. The molecule has 1 atom stereocenters. The molecule has 2 amide bonds. The summed E-state index contributed by atoms with van der Waals surface area (Å²) in [5.41, 5.74) is 6.31. The SMILES string of the molecule is CN1C(=O)CCC(Nc2cccc(S(C)(=O)=O)c2N)C1=O. The summed E-state index contributed by atoms with van der Waals surface area (Å²) in [5, 5.41) is 2.93. The molecule has 0 aliphatic carbocycles. The number of amides is 2. The van der Waals surface area contributed by atoms with E-state index in [1.807, 2.05) is 0 Å². The van der Waals surface area contributed by atoms with Crippen LogP contribution in [0.15, 0.2) is 23.1 Å². The molecule has 0 spiro atoms. The van der Waals surface area contributed by atoms with E-state index < -0.39 is 15.9 Å². The average Bonchev–Trinajstić information content (AvgIpc) is 2.40. The molecule has 1 heterocycles. The maximum Gasteiger partial charge on any atom is 0.251 e. The molecule has 3 N–H and O–H groups in total. The monoisotopic (exact) mass is 311 g/mol. The van der Waals surface area contributed by atoms with Crippen molar-refractivity contribution in [3.63, 3.8) is 0 Å². The molecule has 1 unspecified atom stereocenters. The predicted octanol–water partition coefficient (Wildman–Crippen LogP) is 0.232. The molecule has 0 saturated carbocycles. The van der Waals surface area contributed by atoms with Crippen LogP contribution >= 0.6 is 0 Å². The number of hydrogen-bond donors (Lipinski definition) is 2. The topological polar surface area (TPSA) is 110 Å². The van der Waals surface area contributed by atoms with E-state index >= 15 is 0 Å². The lowest BCUT2D eigenvalue weighted by atomic mass is 10.0. The summed E-state index contributed by atoms with van der Waals surface area (Å²) in [6.07, 6.45) is 1.68. The van der Waals surface area contributed by atoms with E-state index in [9.17, 15) is 18.0 Å². The maximum atomic E-state index is 12.0. The van der Waals surface area contributed by atoms with Crippen LogP contribution in [-0.2, 0) is 19.4 Å². The standard InChI is InChI=1S/C13H17N3O4S/c1-16-11(17)7-6-9(13(16)18)15-8-4-3-5-10(12(8)14)21(2,19)20/h3-5,9,15H,6-7,14H2,1-2H3. The summed E-state index contributed by atoms with van der Waals surface area (Å²) in [7, 11) is -2.02. The molecule has 1 aliphatic rings. The molecule has 0 aromatic heterocycles. The summed E-state index contributed by atoms with van der Waals surface area (Å²) >= 11 is 0. The van der Waals surface area contributed by atoms with Crippen molar-refractivity contribution in [2.24, 2.45) is 0 Å². The third kappa shape index (κ3) is 2.99. The molecule has 0 bridgehead atoms. The zero-order valence-corrected chi connectivity index (χ0v) is 12.6. The number of hydrogen-bond acceptors (Lipinski definition) is 6. The number of anilines is 2. The molecule has 0 radical (unpaired) electrons. The Morgan fingerprint density at radius 3 is 2.62 bits per heavy atom. The van der Waals surface area contributed by atoms with E-state index in [1.165, 1.54) is 13.1 Å². The third-order valence-electron chi connectivity index (χ3n) is 3.44. The number of rotatable bonds is 3. The first-order valence-corrected chi connectivity index (χ1v) is 8.26. The van der Waals surface area contributed by atoms with Crippen molar-refractivity contribution in [3.05, 3.63) is 18.2 Å². The van der Waals surface area contributed by atoms with Gasteiger partial charge in [0.05, 0.1) is 16.3 Å². The van der Waals surface area contributed by atoms with Crippen molar-refractivity contribution in [1.82, 2.24) is 4.90 Å². The highest BCUT2D eigenvalue weighted by molar-refractivity contribution is 7.90. The quantitative estimate of drug-likeness (QED) is 0.611. The smallest absolute Gasteiger partial charge is 0.251 e. The van der Waals surface area contributed by atoms with Crippen molar-refractivity contribution in [3.8, 4) is 0 Å². The average molecular weight is 311 g/mol. The number of likely N-dealkylation sites (tertiary alicyclic amines) is 1. The van der Waals surface area contributed by atoms with Gasteiger partial charge in [-0.25, -0.2) is 8.42 Å². The summed E-state index contributed by atoms with van der Waals surface area (Å²) in [6, 6.07) is 3.98. The molecule has 1 aliphatic heterocycles. The van der Waals surface area contributed by atoms with Gasteiger partial charge in [-0.05, 0) is 18.6 Å². The van der Waals surface area contributed by atoms with Crippen molar-refractivity contribution in [1.29, 1.82) is 0 Å². The Balaban J connectivity index is 2.29. The van der Waals surface area contributed by atoms with Crippen molar-refractivity contribution >= 4 is 33.0 Å². The van der Waals surface area contributed by atoms with E-state index in [2.05, 4.69) is 5.32 Å². The first-order valence-electron chi connectivity index (χ1n) is 6.37. The number of nitrogen functional groups attached to an aromatic ring is 1. The van der Waals surface area contributed by atoms with Crippen LogP contribution < -0.4 is 11.1 Å². The Morgan fingerprint density at radius 1 is 1.33 bits per heavy atom. The van der Waals surface area contributed by atoms with Gasteiger partial charge in [-0.15, -0.1) is 0 Å². The number of sulfone groups is 1. The minimum Gasteiger partial charge on any atom is -0.396 e. The Morgan fingerprint density at radius 2 is 2.00 bits per heavy atom. The Bertz CT molecular complexity index is 699. The first kappa shape index (κ1) is 15.3. The zero-order chi connectivity index (χ0) is 15.8. The zero-order valence-electron chi connectivity index (χ0n) is 11.8. The first-order chi connectivity index (χ1) is 9.71. The number of carbonyl (C=O) groups excluding carboxylic acids is 2. The Hall–Kier alpha value is -2.09. The number of piperidine rings is 1. The van der Waals surface area contributed by atoms with Gasteiger partial charge in [0, 0.05) is 19.7 Å². The molecule has 1 aromatic rings. The van der Waals surface area contributed by atoms with Crippen LogP contribution in [0.4, 0.5) is 11.4 Å². The summed E-state index contributed by atoms with van der Waals surface area (Å²) in [4.78, 5) is 24.5. The molecular formula is C13H17N3O4S. The van der Waals surface area contributed by atoms with Crippen molar-refractivity contribution < 1.29 is 18.0 Å². The summed E-state index contributed by atoms with van der Waals surface area (Å²) < 4.78 is 23.3. The lowest BCUT2D eigenvalue weighted by Gasteiger charge is -2.29. The molecule has 114 valence electrons. The predicted molar refractivity (Wildman–Crippen MR) is 78.4 cm³/mol. The lowest BCUT2D eigenvalue weighted by Crippen LogP contribution is -2.48. The van der Waals surface area contributed by atoms with Gasteiger partial charge >= 0.3 is 0 Å². The van der Waals surface area contributed by atoms with Gasteiger partial charge in [0.25, 0.3) is 5.91 Å². The van der Waals surface area contributed by atoms with Crippen molar-refractivity contribution in [2.45, 2.75) is 23.8 Å². The second-order valence-electron chi connectivity index (χ2n) is 5.02. The second-order valence-corrected chi connectivity index (χ2v) is 7.00. The molecule has 1 fully saturated rings. The molecule has 1 saturated heterocycles. The Labute approximate surface area is 123 Å². The van der Waals surface area contributed by atoms with Crippen LogP contribution in [0.5, 0.6) is 0 Å². The lowest BCUT2D eigenvalue weighted by molar-refractivity contribution is -0.146. The molecule has 21 heavy (non-hydrogen) atoms. The molecule has 2 rings (SSSR count). The highest BCUT2D eigenvalue weighted by atomic mass is 32.2. The largest absolute Gasteiger partial charge is 0.396 e. The van der Waals surface area contributed by atoms with Crippen LogP contribution in [0, 0.1) is 0 Å². The van der Waals surface area contributed by atoms with Gasteiger partial charge in [0.2, 0.25) is 5.91 Å². The molecule has 1 aromatic carbocycles. The number of nitrogens with two attached hydrogens (primary N) is 1. The fourth-order valence-electron chi connectivity index (χ4n) is 2.23. The molecular weight excluding hydrogens is 294 g/mol. The fourth-order valence-corrected chi connectivity index (χ4v) is 3.07. The molecule has 7 nitrogen and oxygen atoms in total. The second kappa shape index (κ2) is 5.36. The van der Waals surface area contributed by atoms with E-state index in [0.717, 1.165) is 11.2 Å². The summed E-state index contributed by atoms with van der Waals surface area (Å²) in [5.74, 6) is -0.577. The number of likely N-dealkylation sites (N-methyl/N-ethyl adjacent to an activating group) is 1. The minimum atomic E-state index is -3.44. The Kier molecular flexibility index (Phi) is 3.91. The van der Waals surface area contributed by atoms with Crippen LogP contribution in [0.3, 0.4) is 0 Å².